The number of hydrazine groups is 1. The third-order valence-corrected chi connectivity index (χ3v) is 4.69. The first-order valence-electron chi connectivity index (χ1n) is 7.84. The smallest absolute Gasteiger partial charge is 0.0353 e. The second-order valence-corrected chi connectivity index (χ2v) is 6.39. The zero-order valence-corrected chi connectivity index (χ0v) is 12.2. The molecule has 1 heterocycles. The first-order chi connectivity index (χ1) is 9.24. The maximum atomic E-state index is 3.64. The molecule has 1 aromatic carbocycles. The molecule has 0 aromatic heterocycles. The second kappa shape index (κ2) is 5.64. The minimum absolute atomic E-state index is 0.662. The van der Waals surface area contributed by atoms with E-state index in [1.165, 1.54) is 43.2 Å². The Balaban J connectivity index is 1.55. The Morgan fingerprint density at radius 2 is 1.63 bits per heavy atom. The Labute approximate surface area is 117 Å². The molecule has 1 N–H and O–H groups in total. The van der Waals surface area contributed by atoms with Crippen molar-refractivity contribution < 1.29 is 0 Å². The van der Waals surface area contributed by atoms with Crippen LogP contribution in [0.4, 0.5) is 0 Å². The number of rotatable bonds is 4. The molecule has 1 aliphatic carbocycles. The number of hydrogen-bond acceptors (Lipinski definition) is 2. The van der Waals surface area contributed by atoms with Gasteiger partial charge in [-0.3, -0.25) is 5.43 Å². The summed E-state index contributed by atoms with van der Waals surface area (Å²) in [6.45, 7) is 5.62. The molecular weight excluding hydrogens is 232 g/mol. The van der Waals surface area contributed by atoms with Crippen molar-refractivity contribution in [2.24, 2.45) is 0 Å². The largest absolute Gasteiger partial charge is 0.250 e. The van der Waals surface area contributed by atoms with Crippen LogP contribution in [0.25, 0.3) is 0 Å². The van der Waals surface area contributed by atoms with Gasteiger partial charge in [0.1, 0.15) is 0 Å². The molecule has 104 valence electrons. The highest BCUT2D eigenvalue weighted by molar-refractivity contribution is 5.27. The predicted molar refractivity (Wildman–Crippen MR) is 79.9 cm³/mol. The number of benzene rings is 1. The number of nitrogens with one attached hydrogen (secondary N) is 1. The van der Waals surface area contributed by atoms with Gasteiger partial charge in [0, 0.05) is 18.6 Å². The van der Waals surface area contributed by atoms with Gasteiger partial charge in [-0.25, -0.2) is 5.01 Å². The van der Waals surface area contributed by atoms with Gasteiger partial charge in [0.25, 0.3) is 0 Å². The highest BCUT2D eigenvalue weighted by atomic mass is 15.5. The van der Waals surface area contributed by atoms with Crippen LogP contribution < -0.4 is 5.43 Å². The summed E-state index contributed by atoms with van der Waals surface area (Å²) in [5, 5.41) is 2.46. The highest BCUT2D eigenvalue weighted by Gasteiger charge is 2.24. The maximum Gasteiger partial charge on any atom is 0.0353 e. The van der Waals surface area contributed by atoms with E-state index in [-0.39, 0.29) is 0 Å². The van der Waals surface area contributed by atoms with E-state index >= 15 is 0 Å². The fraction of sp³-hybridized carbons (Fsp3) is 0.647. The number of nitrogens with zero attached hydrogens (tertiary/aromatic N) is 1. The van der Waals surface area contributed by atoms with Crippen LogP contribution in [-0.2, 0) is 6.54 Å². The van der Waals surface area contributed by atoms with Gasteiger partial charge in [-0.2, -0.15) is 0 Å². The lowest BCUT2D eigenvalue weighted by molar-refractivity contribution is 0.0435. The van der Waals surface area contributed by atoms with Crippen LogP contribution in [-0.4, -0.2) is 17.1 Å². The standard InChI is InChI=1S/C17H26N2/c1-13-4-3-5-14(2)19(13)18-12-15-6-8-16(9-7-15)17-10-11-17/h6-9,13-14,17-18H,3-5,10-12H2,1-2H3. The third kappa shape index (κ3) is 3.18. The van der Waals surface area contributed by atoms with Gasteiger partial charge in [-0.1, -0.05) is 30.7 Å². The summed E-state index contributed by atoms with van der Waals surface area (Å²) in [4.78, 5) is 0. The maximum absolute atomic E-state index is 3.64. The summed E-state index contributed by atoms with van der Waals surface area (Å²) >= 11 is 0. The first-order valence-corrected chi connectivity index (χ1v) is 7.84. The topological polar surface area (TPSA) is 15.3 Å². The molecule has 2 unspecified atom stereocenters. The Hall–Kier alpha value is -0.860. The summed E-state index contributed by atoms with van der Waals surface area (Å²) in [5.41, 5.74) is 6.56. The molecule has 0 bridgehead atoms. The number of piperidine rings is 1. The SMILES string of the molecule is CC1CCCC(C)N1NCc1ccc(C2CC2)cc1. The van der Waals surface area contributed by atoms with Gasteiger partial charge < -0.3 is 0 Å². The van der Waals surface area contributed by atoms with Crippen LogP contribution in [0.2, 0.25) is 0 Å². The Kier molecular flexibility index (Phi) is 3.90. The molecule has 0 radical (unpaired) electrons. The van der Waals surface area contributed by atoms with E-state index in [1.807, 2.05) is 0 Å². The average Bonchev–Trinajstić information content (AvgIpc) is 3.23. The molecule has 19 heavy (non-hydrogen) atoms. The fourth-order valence-electron chi connectivity index (χ4n) is 3.24. The Bertz CT molecular complexity index is 398. The fourth-order valence-corrected chi connectivity index (χ4v) is 3.24. The first kappa shape index (κ1) is 13.1. The molecular formula is C17H26N2. The average molecular weight is 258 g/mol. The van der Waals surface area contributed by atoms with Gasteiger partial charge in [0.2, 0.25) is 0 Å². The van der Waals surface area contributed by atoms with Crippen molar-refractivity contribution in [1.82, 2.24) is 10.4 Å². The van der Waals surface area contributed by atoms with Crippen LogP contribution >= 0.6 is 0 Å². The van der Waals surface area contributed by atoms with Crippen molar-refractivity contribution in [3.05, 3.63) is 35.4 Å². The molecule has 0 amide bonds. The molecule has 1 aromatic rings. The summed E-state index contributed by atoms with van der Waals surface area (Å²) in [7, 11) is 0. The molecule has 1 saturated heterocycles. The molecule has 1 aliphatic heterocycles. The molecule has 2 aliphatic rings. The number of hydrogen-bond donors (Lipinski definition) is 1. The van der Waals surface area contributed by atoms with E-state index in [4.69, 9.17) is 0 Å². The molecule has 1 saturated carbocycles. The summed E-state index contributed by atoms with van der Waals surface area (Å²) in [6, 6.07) is 10.5. The van der Waals surface area contributed by atoms with E-state index in [2.05, 4.69) is 48.5 Å². The predicted octanol–water partition coefficient (Wildman–Crippen LogP) is 3.83. The zero-order valence-electron chi connectivity index (χ0n) is 12.2. The van der Waals surface area contributed by atoms with Crippen molar-refractivity contribution in [3.8, 4) is 0 Å². The monoisotopic (exact) mass is 258 g/mol. The van der Waals surface area contributed by atoms with Crippen LogP contribution in [0.1, 0.15) is 63.0 Å². The van der Waals surface area contributed by atoms with Crippen LogP contribution in [0, 0.1) is 0 Å². The minimum Gasteiger partial charge on any atom is -0.250 e. The summed E-state index contributed by atoms with van der Waals surface area (Å²) in [5.74, 6) is 0.865. The Morgan fingerprint density at radius 1 is 1.00 bits per heavy atom. The van der Waals surface area contributed by atoms with Crippen molar-refractivity contribution in [3.63, 3.8) is 0 Å². The second-order valence-electron chi connectivity index (χ2n) is 6.39. The molecule has 0 spiro atoms. The lowest BCUT2D eigenvalue weighted by Gasteiger charge is -2.39. The molecule has 2 nitrogen and oxygen atoms in total. The van der Waals surface area contributed by atoms with Gasteiger partial charge in [-0.05, 0) is 56.6 Å². The van der Waals surface area contributed by atoms with Gasteiger partial charge in [0.15, 0.2) is 0 Å². The lowest BCUT2D eigenvalue weighted by atomic mass is 10.00. The van der Waals surface area contributed by atoms with Crippen LogP contribution in [0.3, 0.4) is 0 Å². The van der Waals surface area contributed by atoms with Crippen molar-refractivity contribution >= 4 is 0 Å². The lowest BCUT2D eigenvalue weighted by Crippen LogP contribution is -2.51. The Morgan fingerprint density at radius 3 is 2.21 bits per heavy atom. The van der Waals surface area contributed by atoms with Crippen molar-refractivity contribution in [2.45, 2.75) is 70.5 Å². The molecule has 3 rings (SSSR count). The third-order valence-electron chi connectivity index (χ3n) is 4.69. The van der Waals surface area contributed by atoms with Gasteiger partial charge in [-0.15, -0.1) is 0 Å². The summed E-state index contributed by atoms with van der Waals surface area (Å²) < 4.78 is 0. The van der Waals surface area contributed by atoms with E-state index in [1.54, 1.807) is 0 Å². The molecule has 2 heteroatoms. The highest BCUT2D eigenvalue weighted by Crippen LogP contribution is 2.39. The van der Waals surface area contributed by atoms with Crippen molar-refractivity contribution in [2.75, 3.05) is 0 Å². The zero-order chi connectivity index (χ0) is 13.2. The van der Waals surface area contributed by atoms with E-state index in [9.17, 15) is 0 Å². The normalized spacial score (nSPS) is 28.5. The molecule has 2 fully saturated rings. The summed E-state index contributed by atoms with van der Waals surface area (Å²) in [6.07, 6.45) is 6.79. The van der Waals surface area contributed by atoms with Crippen molar-refractivity contribution in [1.29, 1.82) is 0 Å². The molecule has 2 atom stereocenters. The van der Waals surface area contributed by atoms with E-state index in [0.717, 1.165) is 12.5 Å². The van der Waals surface area contributed by atoms with Gasteiger partial charge >= 0.3 is 0 Å². The minimum atomic E-state index is 0.662. The van der Waals surface area contributed by atoms with Gasteiger partial charge in [0.05, 0.1) is 0 Å². The van der Waals surface area contributed by atoms with Crippen LogP contribution in [0.5, 0.6) is 0 Å². The van der Waals surface area contributed by atoms with E-state index < -0.39 is 0 Å². The van der Waals surface area contributed by atoms with Crippen LogP contribution in [0.15, 0.2) is 24.3 Å². The quantitative estimate of drug-likeness (QED) is 0.883. The van der Waals surface area contributed by atoms with E-state index in [0.29, 0.717) is 12.1 Å².